The zero-order valence-electron chi connectivity index (χ0n) is 16.3. The van der Waals surface area contributed by atoms with Crippen LogP contribution in [0.15, 0.2) is 48.9 Å². The van der Waals surface area contributed by atoms with Gasteiger partial charge in [-0.25, -0.2) is 4.98 Å². The van der Waals surface area contributed by atoms with E-state index in [4.69, 9.17) is 4.74 Å². The normalized spacial score (nSPS) is 25.4. The van der Waals surface area contributed by atoms with Crippen molar-refractivity contribution in [2.75, 3.05) is 13.1 Å². The molecule has 6 rings (SSSR count). The van der Waals surface area contributed by atoms with Gasteiger partial charge in [0.05, 0.1) is 0 Å². The van der Waals surface area contributed by atoms with Gasteiger partial charge in [0, 0.05) is 44.0 Å². The largest absolute Gasteiger partial charge is 0.487 e. The highest BCUT2D eigenvalue weighted by Gasteiger charge is 2.41. The first-order valence-electron chi connectivity index (χ1n) is 10.8. The topological polar surface area (TPSA) is 29.8 Å². The van der Waals surface area contributed by atoms with E-state index in [1.165, 1.54) is 61.9 Å². The number of rotatable bonds is 2. The van der Waals surface area contributed by atoms with Crippen molar-refractivity contribution >= 4 is 5.65 Å². The fourth-order valence-corrected chi connectivity index (χ4v) is 5.29. The number of aromatic nitrogens is 2. The number of hydrogen-bond acceptors (Lipinski definition) is 3. The van der Waals surface area contributed by atoms with Crippen molar-refractivity contribution in [3.63, 3.8) is 0 Å². The predicted octanol–water partition coefficient (Wildman–Crippen LogP) is 4.71. The fraction of sp³-hybridized carbons (Fsp3) is 0.458. The van der Waals surface area contributed by atoms with Gasteiger partial charge in [-0.1, -0.05) is 12.5 Å². The number of pyridine rings is 1. The van der Waals surface area contributed by atoms with Crippen LogP contribution in [-0.2, 0) is 6.42 Å². The molecule has 4 heterocycles. The lowest BCUT2D eigenvalue weighted by atomic mass is 9.89. The van der Waals surface area contributed by atoms with Crippen molar-refractivity contribution in [3.8, 4) is 16.9 Å². The smallest absolute Gasteiger partial charge is 0.136 e. The summed E-state index contributed by atoms with van der Waals surface area (Å²) in [5.41, 5.74) is 4.88. The molecule has 0 radical (unpaired) electrons. The second-order valence-electron chi connectivity index (χ2n) is 8.87. The van der Waals surface area contributed by atoms with Crippen LogP contribution in [0.4, 0.5) is 0 Å². The zero-order chi connectivity index (χ0) is 18.6. The lowest BCUT2D eigenvalue weighted by Crippen LogP contribution is -2.42. The van der Waals surface area contributed by atoms with Crippen molar-refractivity contribution in [2.24, 2.45) is 0 Å². The Labute approximate surface area is 166 Å². The maximum Gasteiger partial charge on any atom is 0.136 e. The number of ether oxygens (including phenoxy) is 1. The maximum absolute atomic E-state index is 6.60. The van der Waals surface area contributed by atoms with E-state index < -0.39 is 0 Å². The van der Waals surface area contributed by atoms with E-state index in [0.29, 0.717) is 0 Å². The van der Waals surface area contributed by atoms with Gasteiger partial charge in [0.2, 0.25) is 0 Å². The first-order chi connectivity index (χ1) is 13.8. The molecule has 1 unspecified atom stereocenters. The Kier molecular flexibility index (Phi) is 3.76. The molecular weight excluding hydrogens is 346 g/mol. The third-order valence-electron chi connectivity index (χ3n) is 7.15. The lowest BCUT2D eigenvalue weighted by molar-refractivity contribution is 0.0694. The van der Waals surface area contributed by atoms with Gasteiger partial charge in [-0.15, -0.1) is 0 Å². The van der Waals surface area contributed by atoms with Crippen LogP contribution in [0.25, 0.3) is 16.8 Å². The van der Waals surface area contributed by atoms with Crippen molar-refractivity contribution in [1.29, 1.82) is 0 Å². The highest BCUT2D eigenvalue weighted by molar-refractivity contribution is 5.67. The molecule has 1 saturated heterocycles. The van der Waals surface area contributed by atoms with Crippen molar-refractivity contribution in [2.45, 2.75) is 56.6 Å². The third kappa shape index (κ3) is 2.74. The second kappa shape index (κ2) is 6.35. The molecule has 3 aromatic rings. The van der Waals surface area contributed by atoms with E-state index >= 15 is 0 Å². The summed E-state index contributed by atoms with van der Waals surface area (Å²) in [6.07, 6.45) is 14.9. The summed E-state index contributed by atoms with van der Waals surface area (Å²) in [5, 5.41) is 0. The van der Waals surface area contributed by atoms with Crippen LogP contribution in [0, 0.1) is 0 Å². The summed E-state index contributed by atoms with van der Waals surface area (Å²) in [5.74, 6) is 1.10. The fourth-order valence-electron chi connectivity index (χ4n) is 5.29. The maximum atomic E-state index is 6.60. The predicted molar refractivity (Wildman–Crippen MR) is 111 cm³/mol. The quantitative estimate of drug-likeness (QED) is 0.651. The summed E-state index contributed by atoms with van der Waals surface area (Å²) >= 11 is 0. The van der Waals surface area contributed by atoms with Gasteiger partial charge in [0.25, 0.3) is 0 Å². The second-order valence-corrected chi connectivity index (χ2v) is 8.87. The molecule has 1 saturated carbocycles. The Hall–Kier alpha value is -2.33. The minimum atomic E-state index is 0.0216. The Morgan fingerprint density at radius 1 is 1.00 bits per heavy atom. The minimum absolute atomic E-state index is 0.0216. The van der Waals surface area contributed by atoms with Crippen molar-refractivity contribution < 1.29 is 4.74 Å². The minimum Gasteiger partial charge on any atom is -0.487 e. The van der Waals surface area contributed by atoms with E-state index in [1.54, 1.807) is 0 Å². The van der Waals surface area contributed by atoms with Gasteiger partial charge in [-0.05, 0) is 73.2 Å². The highest BCUT2D eigenvalue weighted by atomic mass is 16.5. The standard InChI is InChI=1S/C24H27N3O/c1-3-21(4-1)26-12-2-9-24(10-13-26)16-20-15-18(5-7-22(20)28-24)19-6-8-23-25-11-14-27(23)17-19/h5-8,11,14-15,17,21H,1-4,9-10,12-13,16H2. The average Bonchev–Trinajstić information content (AvgIpc) is 3.22. The average molecular weight is 374 g/mol. The van der Waals surface area contributed by atoms with E-state index in [9.17, 15) is 0 Å². The summed E-state index contributed by atoms with van der Waals surface area (Å²) in [6.45, 7) is 2.45. The zero-order valence-corrected chi connectivity index (χ0v) is 16.3. The highest BCUT2D eigenvalue weighted by Crippen LogP contribution is 2.43. The Morgan fingerprint density at radius 2 is 1.93 bits per heavy atom. The number of likely N-dealkylation sites (tertiary alicyclic amines) is 1. The summed E-state index contributed by atoms with van der Waals surface area (Å²) in [6, 6.07) is 11.8. The summed E-state index contributed by atoms with van der Waals surface area (Å²) in [4.78, 5) is 7.08. The Morgan fingerprint density at radius 3 is 2.82 bits per heavy atom. The third-order valence-corrected chi connectivity index (χ3v) is 7.15. The molecule has 144 valence electrons. The SMILES string of the molecule is c1cn2cc(-c3ccc4c(c3)CC3(CCCN(C5CCC5)CC3)O4)ccc2n1. The molecular formula is C24H27N3O. The molecule has 2 fully saturated rings. The van der Waals surface area contributed by atoms with Crippen molar-refractivity contribution in [1.82, 2.24) is 14.3 Å². The van der Waals surface area contributed by atoms with Gasteiger partial charge in [-0.3, -0.25) is 0 Å². The molecule has 4 nitrogen and oxygen atoms in total. The number of nitrogens with zero attached hydrogens (tertiary/aromatic N) is 3. The van der Waals surface area contributed by atoms with Crippen molar-refractivity contribution in [3.05, 3.63) is 54.5 Å². The van der Waals surface area contributed by atoms with Crippen LogP contribution in [0.2, 0.25) is 0 Å². The van der Waals surface area contributed by atoms with Crippen LogP contribution in [0.1, 0.15) is 44.1 Å². The molecule has 0 N–H and O–H groups in total. The number of hydrogen-bond donors (Lipinski definition) is 0. The Bertz CT molecular complexity index is 1020. The molecule has 1 aliphatic carbocycles. The molecule has 3 aliphatic rings. The molecule has 1 aromatic carbocycles. The van der Waals surface area contributed by atoms with Crippen LogP contribution in [0.5, 0.6) is 5.75 Å². The van der Waals surface area contributed by atoms with Crippen LogP contribution >= 0.6 is 0 Å². The summed E-state index contributed by atoms with van der Waals surface area (Å²) < 4.78 is 8.69. The Balaban J connectivity index is 1.25. The number of imidazole rings is 1. The van der Waals surface area contributed by atoms with Crippen LogP contribution in [-0.4, -0.2) is 39.0 Å². The number of fused-ring (bicyclic) bond motifs is 2. The molecule has 2 aliphatic heterocycles. The molecule has 0 bridgehead atoms. The molecule has 1 atom stereocenters. The first kappa shape index (κ1) is 16.6. The monoisotopic (exact) mass is 373 g/mol. The van der Waals surface area contributed by atoms with Crippen LogP contribution in [0.3, 0.4) is 0 Å². The van der Waals surface area contributed by atoms with Gasteiger partial charge >= 0.3 is 0 Å². The van der Waals surface area contributed by atoms with Crippen LogP contribution < -0.4 is 4.74 Å². The van der Waals surface area contributed by atoms with E-state index in [2.05, 4.69) is 50.8 Å². The van der Waals surface area contributed by atoms with Gasteiger partial charge in [0.1, 0.15) is 17.0 Å². The van der Waals surface area contributed by atoms with Gasteiger partial charge in [0.15, 0.2) is 0 Å². The van der Waals surface area contributed by atoms with Gasteiger partial charge in [-0.2, -0.15) is 0 Å². The summed E-state index contributed by atoms with van der Waals surface area (Å²) in [7, 11) is 0. The van der Waals surface area contributed by atoms with E-state index in [-0.39, 0.29) is 5.60 Å². The number of benzene rings is 1. The van der Waals surface area contributed by atoms with Gasteiger partial charge < -0.3 is 14.0 Å². The van der Waals surface area contributed by atoms with E-state index in [1.807, 2.05) is 12.4 Å². The molecule has 4 heteroatoms. The molecule has 0 amide bonds. The molecule has 2 aromatic heterocycles. The lowest BCUT2D eigenvalue weighted by Gasteiger charge is -2.37. The molecule has 1 spiro atoms. The molecule has 28 heavy (non-hydrogen) atoms. The first-order valence-corrected chi connectivity index (χ1v) is 10.8. The van der Waals surface area contributed by atoms with E-state index in [0.717, 1.165) is 30.3 Å².